The van der Waals surface area contributed by atoms with E-state index in [9.17, 15) is 4.79 Å². The van der Waals surface area contributed by atoms with Gasteiger partial charge in [-0.2, -0.15) is 0 Å². The molecular formula is C13H11N3O2. The van der Waals surface area contributed by atoms with E-state index in [4.69, 9.17) is 5.11 Å². The monoisotopic (exact) mass is 241 g/mol. The summed E-state index contributed by atoms with van der Waals surface area (Å²) in [6, 6.07) is 7.96. The molecule has 0 radical (unpaired) electrons. The van der Waals surface area contributed by atoms with Crippen LogP contribution in [0.3, 0.4) is 0 Å². The van der Waals surface area contributed by atoms with Gasteiger partial charge in [0.15, 0.2) is 5.82 Å². The van der Waals surface area contributed by atoms with E-state index in [0.29, 0.717) is 5.82 Å². The van der Waals surface area contributed by atoms with Crippen LogP contribution in [0.15, 0.2) is 30.5 Å². The van der Waals surface area contributed by atoms with Gasteiger partial charge in [0.2, 0.25) is 0 Å². The molecule has 0 saturated heterocycles. The fourth-order valence-corrected chi connectivity index (χ4v) is 2.00. The van der Waals surface area contributed by atoms with Gasteiger partial charge < -0.3 is 15.1 Å². The van der Waals surface area contributed by atoms with Crippen molar-refractivity contribution in [3.63, 3.8) is 0 Å². The number of aromatic nitrogens is 3. The van der Waals surface area contributed by atoms with Gasteiger partial charge in [0.1, 0.15) is 5.69 Å². The van der Waals surface area contributed by atoms with Crippen LogP contribution in [0.25, 0.3) is 22.4 Å². The van der Waals surface area contributed by atoms with Crippen LogP contribution >= 0.6 is 0 Å². The summed E-state index contributed by atoms with van der Waals surface area (Å²) in [6.07, 6.45) is 1.32. The Hall–Kier alpha value is -2.56. The van der Waals surface area contributed by atoms with Crippen molar-refractivity contribution < 1.29 is 9.90 Å². The lowest BCUT2D eigenvalue weighted by Gasteiger charge is -1.93. The van der Waals surface area contributed by atoms with Crippen molar-refractivity contribution in [1.29, 1.82) is 0 Å². The number of fused-ring (bicyclic) bond motifs is 1. The lowest BCUT2D eigenvalue weighted by atomic mass is 10.2. The smallest absolute Gasteiger partial charge is 0.353 e. The van der Waals surface area contributed by atoms with Crippen molar-refractivity contribution in [3.05, 3.63) is 41.7 Å². The molecule has 3 aromatic rings. The molecule has 0 atom stereocenters. The molecule has 5 heteroatoms. The van der Waals surface area contributed by atoms with Gasteiger partial charge in [-0.15, -0.1) is 0 Å². The highest BCUT2D eigenvalue weighted by Gasteiger charge is 2.11. The summed E-state index contributed by atoms with van der Waals surface area (Å²) in [7, 11) is 0. The Kier molecular flexibility index (Phi) is 2.19. The summed E-state index contributed by atoms with van der Waals surface area (Å²) in [6.45, 7) is 2.02. The van der Waals surface area contributed by atoms with Gasteiger partial charge >= 0.3 is 5.97 Å². The number of para-hydroxylation sites is 1. The van der Waals surface area contributed by atoms with Gasteiger partial charge in [0.05, 0.1) is 11.9 Å². The molecule has 2 heterocycles. The second kappa shape index (κ2) is 3.73. The topological polar surface area (TPSA) is 81.8 Å². The lowest BCUT2D eigenvalue weighted by molar-refractivity contribution is 0.0691. The molecule has 3 N–H and O–H groups in total. The first kappa shape index (κ1) is 10.6. The highest BCUT2D eigenvalue weighted by Crippen LogP contribution is 2.24. The number of imidazole rings is 1. The highest BCUT2D eigenvalue weighted by molar-refractivity contribution is 5.88. The quantitative estimate of drug-likeness (QED) is 0.644. The van der Waals surface area contributed by atoms with Crippen molar-refractivity contribution >= 4 is 16.9 Å². The third-order valence-electron chi connectivity index (χ3n) is 2.93. The van der Waals surface area contributed by atoms with E-state index in [2.05, 4.69) is 15.0 Å². The number of nitrogens with one attached hydrogen (secondary N) is 2. The molecule has 2 aromatic heterocycles. The maximum atomic E-state index is 10.8. The summed E-state index contributed by atoms with van der Waals surface area (Å²) in [5, 5.41) is 9.93. The summed E-state index contributed by atoms with van der Waals surface area (Å²) >= 11 is 0. The molecule has 5 nitrogen and oxygen atoms in total. The number of aryl methyl sites for hydroxylation is 1. The summed E-state index contributed by atoms with van der Waals surface area (Å²) in [5.74, 6) is -0.482. The Balaban J connectivity index is 2.13. The van der Waals surface area contributed by atoms with E-state index in [1.165, 1.54) is 6.20 Å². The van der Waals surface area contributed by atoms with Gasteiger partial charge in [-0.3, -0.25) is 0 Å². The molecule has 0 unspecified atom stereocenters. The predicted molar refractivity (Wildman–Crippen MR) is 67.6 cm³/mol. The number of rotatable bonds is 2. The third-order valence-corrected chi connectivity index (χ3v) is 2.93. The van der Waals surface area contributed by atoms with Crippen molar-refractivity contribution in [2.24, 2.45) is 0 Å². The van der Waals surface area contributed by atoms with Crippen LogP contribution in [0, 0.1) is 6.92 Å². The largest absolute Gasteiger partial charge is 0.477 e. The van der Waals surface area contributed by atoms with Crippen LogP contribution in [-0.2, 0) is 0 Å². The summed E-state index contributed by atoms with van der Waals surface area (Å²) in [5.41, 5.74) is 3.05. The first-order valence-electron chi connectivity index (χ1n) is 5.52. The molecule has 1 aromatic carbocycles. The molecule has 0 bridgehead atoms. The van der Waals surface area contributed by atoms with Crippen LogP contribution in [0.4, 0.5) is 0 Å². The minimum absolute atomic E-state index is 0.0837. The molecule has 90 valence electrons. The first-order valence-corrected chi connectivity index (χ1v) is 5.52. The SMILES string of the molecule is Cc1cccc2cc(-c3ncc(C(=O)O)[nH]3)[nH]c12. The highest BCUT2D eigenvalue weighted by atomic mass is 16.4. The number of carboxylic acid groups (broad SMARTS) is 1. The van der Waals surface area contributed by atoms with Crippen molar-refractivity contribution in [3.8, 4) is 11.5 Å². The number of nitrogens with zero attached hydrogens (tertiary/aromatic N) is 1. The van der Waals surface area contributed by atoms with E-state index in [1.54, 1.807) is 0 Å². The predicted octanol–water partition coefficient (Wildman–Crippen LogP) is 2.56. The number of aromatic amines is 2. The van der Waals surface area contributed by atoms with Crippen LogP contribution in [0.2, 0.25) is 0 Å². The average molecular weight is 241 g/mol. The Morgan fingerprint density at radius 1 is 1.33 bits per heavy atom. The van der Waals surface area contributed by atoms with Crippen LogP contribution in [-0.4, -0.2) is 26.0 Å². The number of carboxylic acids is 1. The fraction of sp³-hybridized carbons (Fsp3) is 0.0769. The first-order chi connectivity index (χ1) is 8.65. The zero-order chi connectivity index (χ0) is 12.7. The molecule has 0 aliphatic heterocycles. The third kappa shape index (κ3) is 1.57. The molecule has 3 rings (SSSR count). The lowest BCUT2D eigenvalue weighted by Crippen LogP contribution is -1.95. The summed E-state index contributed by atoms with van der Waals surface area (Å²) < 4.78 is 0. The van der Waals surface area contributed by atoms with E-state index < -0.39 is 5.97 Å². The van der Waals surface area contributed by atoms with Gasteiger partial charge in [-0.05, 0) is 18.6 Å². The number of hydrogen-bond donors (Lipinski definition) is 3. The number of benzene rings is 1. The van der Waals surface area contributed by atoms with Crippen molar-refractivity contribution in [2.75, 3.05) is 0 Å². The Morgan fingerprint density at radius 2 is 2.17 bits per heavy atom. The van der Waals surface area contributed by atoms with Gasteiger partial charge in [-0.25, -0.2) is 9.78 Å². The van der Waals surface area contributed by atoms with Crippen LogP contribution in [0.5, 0.6) is 0 Å². The molecule has 0 aliphatic carbocycles. The normalized spacial score (nSPS) is 10.9. The van der Waals surface area contributed by atoms with E-state index >= 15 is 0 Å². The minimum Gasteiger partial charge on any atom is -0.477 e. The van der Waals surface area contributed by atoms with Gasteiger partial charge in [-0.1, -0.05) is 18.2 Å². The average Bonchev–Trinajstić information content (AvgIpc) is 2.95. The second-order valence-corrected chi connectivity index (χ2v) is 4.17. The Bertz CT molecular complexity index is 740. The van der Waals surface area contributed by atoms with Crippen LogP contribution in [0.1, 0.15) is 16.1 Å². The molecule has 0 saturated carbocycles. The molecule has 0 aliphatic rings. The zero-order valence-corrected chi connectivity index (χ0v) is 9.69. The summed E-state index contributed by atoms with van der Waals surface area (Å²) in [4.78, 5) is 20.9. The maximum Gasteiger partial charge on any atom is 0.353 e. The number of hydrogen-bond acceptors (Lipinski definition) is 2. The Labute approximate surface area is 102 Å². The van der Waals surface area contributed by atoms with Crippen LogP contribution < -0.4 is 0 Å². The van der Waals surface area contributed by atoms with E-state index in [-0.39, 0.29) is 5.69 Å². The number of aromatic carboxylic acids is 1. The second-order valence-electron chi connectivity index (χ2n) is 4.17. The van der Waals surface area contributed by atoms with E-state index in [1.807, 2.05) is 31.2 Å². The molecule has 18 heavy (non-hydrogen) atoms. The van der Waals surface area contributed by atoms with Gasteiger partial charge in [0.25, 0.3) is 0 Å². The van der Waals surface area contributed by atoms with Crippen molar-refractivity contribution in [1.82, 2.24) is 15.0 Å². The molecule has 0 amide bonds. The molecular weight excluding hydrogens is 230 g/mol. The molecule has 0 fully saturated rings. The molecule has 0 spiro atoms. The standard InChI is InChI=1S/C13H11N3O2/c1-7-3-2-4-8-5-9(15-11(7)8)12-14-6-10(16-12)13(17)18/h2-6,15H,1H3,(H,14,16)(H,17,18). The fourth-order valence-electron chi connectivity index (χ4n) is 2.00. The Morgan fingerprint density at radius 3 is 2.83 bits per heavy atom. The number of carbonyl (C=O) groups is 1. The van der Waals surface area contributed by atoms with Gasteiger partial charge in [0, 0.05) is 10.9 Å². The zero-order valence-electron chi connectivity index (χ0n) is 9.69. The minimum atomic E-state index is -1.01. The van der Waals surface area contributed by atoms with Crippen molar-refractivity contribution in [2.45, 2.75) is 6.92 Å². The number of H-pyrrole nitrogens is 2. The maximum absolute atomic E-state index is 10.8. The van der Waals surface area contributed by atoms with E-state index in [0.717, 1.165) is 22.2 Å².